The summed E-state index contributed by atoms with van der Waals surface area (Å²) in [6, 6.07) is 0. The summed E-state index contributed by atoms with van der Waals surface area (Å²) in [5, 5.41) is 2.86. The third kappa shape index (κ3) is 5.14. The van der Waals surface area contributed by atoms with Gasteiger partial charge in [-0.3, -0.25) is 4.79 Å². The number of nitrogens with zero attached hydrogens (tertiary/aromatic N) is 1. The summed E-state index contributed by atoms with van der Waals surface area (Å²) in [5.41, 5.74) is 0. The molecule has 1 amide bonds. The Bertz CT molecular complexity index is 189. The predicted molar refractivity (Wildman–Crippen MR) is 59.7 cm³/mol. The van der Waals surface area contributed by atoms with Gasteiger partial charge in [0.15, 0.2) is 0 Å². The molecule has 1 fully saturated rings. The minimum atomic E-state index is -0.00886. The van der Waals surface area contributed by atoms with Crippen molar-refractivity contribution in [3.8, 4) is 0 Å². The fourth-order valence-electron chi connectivity index (χ4n) is 1.95. The number of nitrogens with one attached hydrogen (secondary N) is 1. The molecule has 1 saturated heterocycles. The lowest BCUT2D eigenvalue weighted by molar-refractivity contribution is -0.124. The summed E-state index contributed by atoms with van der Waals surface area (Å²) in [7, 11) is 3.70. The maximum Gasteiger partial charge on any atom is 0.245 e. The Morgan fingerprint density at radius 1 is 1.47 bits per heavy atom. The van der Waals surface area contributed by atoms with Crippen LogP contribution in [0.5, 0.6) is 0 Å². The van der Waals surface area contributed by atoms with Gasteiger partial charge in [0.25, 0.3) is 0 Å². The fraction of sp³-hybridized carbons (Fsp3) is 0.909. The first-order chi connectivity index (χ1) is 7.22. The van der Waals surface area contributed by atoms with E-state index in [-0.39, 0.29) is 12.5 Å². The van der Waals surface area contributed by atoms with Crippen LogP contribution in [0.3, 0.4) is 0 Å². The third-order valence-corrected chi connectivity index (χ3v) is 2.99. The second-order valence-corrected chi connectivity index (χ2v) is 4.32. The first-order valence-electron chi connectivity index (χ1n) is 5.66. The highest BCUT2D eigenvalue weighted by molar-refractivity contribution is 5.77. The smallest absolute Gasteiger partial charge is 0.245 e. The molecule has 0 aliphatic carbocycles. The SMILES string of the molecule is COCC(=O)NCCC1CCN(C)CC1. The van der Waals surface area contributed by atoms with Gasteiger partial charge >= 0.3 is 0 Å². The Morgan fingerprint density at radius 2 is 2.13 bits per heavy atom. The van der Waals surface area contributed by atoms with Gasteiger partial charge in [0.1, 0.15) is 6.61 Å². The molecule has 4 heteroatoms. The molecule has 15 heavy (non-hydrogen) atoms. The molecule has 0 aromatic carbocycles. The van der Waals surface area contributed by atoms with E-state index in [4.69, 9.17) is 4.74 Å². The van der Waals surface area contributed by atoms with E-state index >= 15 is 0 Å². The molecule has 1 aliphatic heterocycles. The van der Waals surface area contributed by atoms with Crippen LogP contribution in [0.2, 0.25) is 0 Å². The molecule has 0 spiro atoms. The number of carbonyl (C=O) groups excluding carboxylic acids is 1. The van der Waals surface area contributed by atoms with Crippen molar-refractivity contribution in [2.75, 3.05) is 40.4 Å². The van der Waals surface area contributed by atoms with Gasteiger partial charge in [0.2, 0.25) is 5.91 Å². The quantitative estimate of drug-likeness (QED) is 0.724. The summed E-state index contributed by atoms with van der Waals surface area (Å²) in [5.74, 6) is 0.773. The third-order valence-electron chi connectivity index (χ3n) is 2.99. The second-order valence-electron chi connectivity index (χ2n) is 4.32. The van der Waals surface area contributed by atoms with Gasteiger partial charge in [0.05, 0.1) is 0 Å². The van der Waals surface area contributed by atoms with Crippen LogP contribution in [0.15, 0.2) is 0 Å². The van der Waals surface area contributed by atoms with Crippen LogP contribution >= 0.6 is 0 Å². The van der Waals surface area contributed by atoms with Crippen molar-refractivity contribution in [2.24, 2.45) is 5.92 Å². The molecule has 0 aromatic heterocycles. The first kappa shape index (κ1) is 12.5. The summed E-state index contributed by atoms with van der Waals surface area (Å²) in [6.45, 7) is 3.34. The number of hydrogen-bond donors (Lipinski definition) is 1. The standard InChI is InChI=1S/C11H22N2O2/c1-13-7-4-10(5-8-13)3-6-12-11(14)9-15-2/h10H,3-9H2,1-2H3,(H,12,14). The molecule has 88 valence electrons. The predicted octanol–water partition coefficient (Wildman–Crippen LogP) is 0.481. The fourth-order valence-corrected chi connectivity index (χ4v) is 1.95. The van der Waals surface area contributed by atoms with Crippen LogP contribution in [0.1, 0.15) is 19.3 Å². The molecule has 4 nitrogen and oxygen atoms in total. The molecule has 0 atom stereocenters. The van der Waals surface area contributed by atoms with Crippen LogP contribution in [0.25, 0.3) is 0 Å². The summed E-state index contributed by atoms with van der Waals surface area (Å²) in [6.07, 6.45) is 3.62. The molecule has 0 radical (unpaired) electrons. The average Bonchev–Trinajstić information content (AvgIpc) is 2.21. The molecular weight excluding hydrogens is 192 g/mol. The molecule has 1 N–H and O–H groups in total. The Morgan fingerprint density at radius 3 is 2.73 bits per heavy atom. The van der Waals surface area contributed by atoms with Crippen LogP contribution in [0, 0.1) is 5.92 Å². The van der Waals surface area contributed by atoms with Crippen molar-refractivity contribution in [1.82, 2.24) is 10.2 Å². The van der Waals surface area contributed by atoms with Gasteiger partial charge in [-0.1, -0.05) is 0 Å². The summed E-state index contributed by atoms with van der Waals surface area (Å²) in [4.78, 5) is 13.5. The molecule has 0 bridgehead atoms. The van der Waals surface area contributed by atoms with Gasteiger partial charge in [0, 0.05) is 13.7 Å². The Hall–Kier alpha value is -0.610. The lowest BCUT2D eigenvalue weighted by Gasteiger charge is -2.28. The highest BCUT2D eigenvalue weighted by Gasteiger charge is 2.16. The maximum atomic E-state index is 11.1. The van der Waals surface area contributed by atoms with Crippen LogP contribution in [-0.2, 0) is 9.53 Å². The minimum Gasteiger partial charge on any atom is -0.375 e. The highest BCUT2D eigenvalue weighted by atomic mass is 16.5. The molecule has 0 aromatic rings. The highest BCUT2D eigenvalue weighted by Crippen LogP contribution is 2.18. The van der Waals surface area contributed by atoms with Crippen molar-refractivity contribution in [3.05, 3.63) is 0 Å². The molecule has 1 heterocycles. The van der Waals surface area contributed by atoms with E-state index < -0.39 is 0 Å². The zero-order valence-corrected chi connectivity index (χ0v) is 9.79. The van der Waals surface area contributed by atoms with Crippen molar-refractivity contribution in [2.45, 2.75) is 19.3 Å². The Balaban J connectivity index is 2.02. The minimum absolute atomic E-state index is 0.00886. The first-order valence-corrected chi connectivity index (χ1v) is 5.66. The number of likely N-dealkylation sites (tertiary alicyclic amines) is 1. The molecular formula is C11H22N2O2. The number of hydrogen-bond acceptors (Lipinski definition) is 3. The van der Waals surface area contributed by atoms with E-state index in [2.05, 4.69) is 17.3 Å². The van der Waals surface area contributed by atoms with Crippen LogP contribution in [0.4, 0.5) is 0 Å². The average molecular weight is 214 g/mol. The number of amides is 1. The molecule has 1 rings (SSSR count). The molecule has 1 aliphatic rings. The second kappa shape index (κ2) is 6.80. The van der Waals surface area contributed by atoms with E-state index in [0.29, 0.717) is 0 Å². The zero-order chi connectivity index (χ0) is 11.1. The molecule has 0 saturated carbocycles. The normalized spacial score (nSPS) is 19.1. The lowest BCUT2D eigenvalue weighted by atomic mass is 9.94. The number of methoxy groups -OCH3 is 1. The van der Waals surface area contributed by atoms with Gasteiger partial charge in [-0.05, 0) is 45.3 Å². The van der Waals surface area contributed by atoms with Gasteiger partial charge < -0.3 is 15.0 Å². The summed E-state index contributed by atoms with van der Waals surface area (Å²) < 4.78 is 4.74. The number of ether oxygens (including phenoxy) is 1. The zero-order valence-electron chi connectivity index (χ0n) is 9.79. The van der Waals surface area contributed by atoms with E-state index in [1.54, 1.807) is 0 Å². The van der Waals surface area contributed by atoms with E-state index in [9.17, 15) is 4.79 Å². The largest absolute Gasteiger partial charge is 0.375 e. The molecule has 0 unspecified atom stereocenters. The Labute approximate surface area is 92.0 Å². The topological polar surface area (TPSA) is 41.6 Å². The van der Waals surface area contributed by atoms with Crippen molar-refractivity contribution in [1.29, 1.82) is 0 Å². The summed E-state index contributed by atoms with van der Waals surface area (Å²) >= 11 is 0. The number of carbonyl (C=O) groups is 1. The van der Waals surface area contributed by atoms with Crippen molar-refractivity contribution in [3.63, 3.8) is 0 Å². The van der Waals surface area contributed by atoms with Gasteiger partial charge in [-0.2, -0.15) is 0 Å². The van der Waals surface area contributed by atoms with E-state index in [1.807, 2.05) is 0 Å². The van der Waals surface area contributed by atoms with E-state index in [0.717, 1.165) is 18.9 Å². The Kier molecular flexibility index (Phi) is 5.65. The maximum absolute atomic E-state index is 11.1. The van der Waals surface area contributed by atoms with Crippen LogP contribution < -0.4 is 5.32 Å². The van der Waals surface area contributed by atoms with E-state index in [1.165, 1.54) is 33.0 Å². The van der Waals surface area contributed by atoms with Crippen molar-refractivity contribution >= 4 is 5.91 Å². The lowest BCUT2D eigenvalue weighted by Crippen LogP contribution is -2.33. The van der Waals surface area contributed by atoms with Gasteiger partial charge in [-0.25, -0.2) is 0 Å². The van der Waals surface area contributed by atoms with Gasteiger partial charge in [-0.15, -0.1) is 0 Å². The number of piperidine rings is 1. The number of rotatable bonds is 5. The van der Waals surface area contributed by atoms with Crippen LogP contribution in [-0.4, -0.2) is 51.2 Å². The van der Waals surface area contributed by atoms with Crippen molar-refractivity contribution < 1.29 is 9.53 Å². The monoisotopic (exact) mass is 214 g/mol.